The molecule has 126 valence electrons. The molecular weight excluding hydrogens is 290 g/mol. The van der Waals surface area contributed by atoms with Gasteiger partial charge in [0.1, 0.15) is 11.4 Å². The number of fused-ring (bicyclic) bond motifs is 2. The maximum Gasteiger partial charge on any atom is 0.410 e. The molecule has 0 saturated carbocycles. The van der Waals surface area contributed by atoms with Crippen molar-refractivity contribution in [1.82, 2.24) is 4.90 Å². The summed E-state index contributed by atoms with van der Waals surface area (Å²) in [5.41, 5.74) is -0.427. The topological polar surface area (TPSA) is 38.8 Å². The van der Waals surface area contributed by atoms with Crippen molar-refractivity contribution >= 4 is 6.09 Å². The van der Waals surface area contributed by atoms with Gasteiger partial charge in [-0.1, -0.05) is 18.2 Å². The third kappa shape index (κ3) is 3.98. The van der Waals surface area contributed by atoms with Crippen LogP contribution in [0.1, 0.15) is 46.5 Å². The Balaban J connectivity index is 1.55. The van der Waals surface area contributed by atoms with E-state index in [1.165, 1.54) is 0 Å². The predicted molar refractivity (Wildman–Crippen MR) is 89.5 cm³/mol. The van der Waals surface area contributed by atoms with E-state index in [9.17, 15) is 4.79 Å². The summed E-state index contributed by atoms with van der Waals surface area (Å²) >= 11 is 0. The van der Waals surface area contributed by atoms with E-state index < -0.39 is 5.60 Å². The monoisotopic (exact) mass is 317 g/mol. The number of para-hydroxylation sites is 1. The Kier molecular flexibility index (Phi) is 4.51. The zero-order valence-electron chi connectivity index (χ0n) is 14.3. The van der Waals surface area contributed by atoms with Gasteiger partial charge in [-0.05, 0) is 64.5 Å². The van der Waals surface area contributed by atoms with Gasteiger partial charge in [-0.25, -0.2) is 4.79 Å². The summed E-state index contributed by atoms with van der Waals surface area (Å²) in [6.45, 7) is 6.51. The van der Waals surface area contributed by atoms with Crippen molar-refractivity contribution in [1.29, 1.82) is 0 Å². The minimum Gasteiger partial charge on any atom is -0.493 e. The summed E-state index contributed by atoms with van der Waals surface area (Å²) in [5, 5.41) is 0. The lowest BCUT2D eigenvalue weighted by Crippen LogP contribution is -2.49. The Morgan fingerprint density at radius 1 is 1.13 bits per heavy atom. The van der Waals surface area contributed by atoms with Gasteiger partial charge < -0.3 is 14.4 Å². The number of ether oxygens (including phenoxy) is 2. The molecule has 3 rings (SSSR count). The van der Waals surface area contributed by atoms with Gasteiger partial charge >= 0.3 is 6.09 Å². The van der Waals surface area contributed by atoms with Crippen molar-refractivity contribution in [2.75, 3.05) is 6.61 Å². The molecule has 2 fully saturated rings. The van der Waals surface area contributed by atoms with Gasteiger partial charge in [-0.15, -0.1) is 0 Å². The van der Waals surface area contributed by atoms with Crippen molar-refractivity contribution in [3.8, 4) is 5.75 Å². The van der Waals surface area contributed by atoms with Crippen LogP contribution in [-0.4, -0.2) is 35.3 Å². The zero-order chi connectivity index (χ0) is 16.4. The Hall–Kier alpha value is -1.71. The lowest BCUT2D eigenvalue weighted by molar-refractivity contribution is -0.000960. The maximum atomic E-state index is 12.4. The first-order chi connectivity index (χ1) is 10.9. The van der Waals surface area contributed by atoms with Crippen LogP contribution in [0.2, 0.25) is 0 Å². The Bertz CT molecular complexity index is 523. The number of nitrogens with zero attached hydrogens (tertiary/aromatic N) is 1. The highest BCUT2D eigenvalue weighted by molar-refractivity contribution is 5.69. The van der Waals surface area contributed by atoms with Crippen molar-refractivity contribution in [2.45, 2.75) is 64.1 Å². The van der Waals surface area contributed by atoms with Crippen molar-refractivity contribution in [3.05, 3.63) is 30.3 Å². The average Bonchev–Trinajstić information content (AvgIpc) is 2.76. The molecule has 0 radical (unpaired) electrons. The normalized spacial score (nSPS) is 26.9. The third-order valence-corrected chi connectivity index (χ3v) is 4.66. The average molecular weight is 317 g/mol. The first-order valence-corrected chi connectivity index (χ1v) is 8.61. The summed E-state index contributed by atoms with van der Waals surface area (Å²) in [5.74, 6) is 1.45. The van der Waals surface area contributed by atoms with E-state index in [0.717, 1.165) is 38.0 Å². The van der Waals surface area contributed by atoms with Crippen LogP contribution in [0, 0.1) is 5.92 Å². The molecule has 2 saturated heterocycles. The molecule has 1 amide bonds. The second-order valence-corrected chi connectivity index (χ2v) is 7.73. The maximum absolute atomic E-state index is 12.4. The number of amides is 1. The molecule has 2 aliphatic heterocycles. The van der Waals surface area contributed by atoms with E-state index in [0.29, 0.717) is 18.0 Å². The molecule has 0 aliphatic carbocycles. The van der Waals surface area contributed by atoms with Gasteiger partial charge in [-0.2, -0.15) is 0 Å². The predicted octanol–water partition coefficient (Wildman–Crippen LogP) is 4.24. The fourth-order valence-electron chi connectivity index (χ4n) is 3.77. The Morgan fingerprint density at radius 3 is 2.30 bits per heavy atom. The van der Waals surface area contributed by atoms with Gasteiger partial charge in [0.2, 0.25) is 0 Å². The van der Waals surface area contributed by atoms with E-state index in [-0.39, 0.29) is 6.09 Å². The second kappa shape index (κ2) is 6.42. The van der Waals surface area contributed by atoms with Crippen molar-refractivity contribution in [3.63, 3.8) is 0 Å². The lowest BCUT2D eigenvalue weighted by atomic mass is 9.91. The molecule has 4 nitrogen and oxygen atoms in total. The third-order valence-electron chi connectivity index (χ3n) is 4.66. The second-order valence-electron chi connectivity index (χ2n) is 7.73. The van der Waals surface area contributed by atoms with E-state index in [1.807, 2.05) is 56.0 Å². The summed E-state index contributed by atoms with van der Waals surface area (Å²) in [4.78, 5) is 14.4. The Labute approximate surface area is 138 Å². The summed E-state index contributed by atoms with van der Waals surface area (Å²) in [6, 6.07) is 10.6. The molecule has 1 unspecified atom stereocenters. The summed E-state index contributed by atoms with van der Waals surface area (Å²) in [7, 11) is 0. The SMILES string of the molecule is CC(C)(C)OC(=O)N1[C@@H]2CC[C@H]1CC(COc1ccccc1)C2. The van der Waals surface area contributed by atoms with Crippen LogP contribution in [0.5, 0.6) is 5.75 Å². The van der Waals surface area contributed by atoms with Crippen LogP contribution in [0.15, 0.2) is 30.3 Å². The highest BCUT2D eigenvalue weighted by Gasteiger charge is 2.44. The first-order valence-electron chi connectivity index (χ1n) is 8.61. The molecule has 3 atom stereocenters. The van der Waals surface area contributed by atoms with Gasteiger partial charge in [-0.3, -0.25) is 0 Å². The Morgan fingerprint density at radius 2 is 1.74 bits per heavy atom. The molecule has 23 heavy (non-hydrogen) atoms. The molecular formula is C19H27NO3. The number of piperidine rings is 1. The number of hydrogen-bond donors (Lipinski definition) is 0. The highest BCUT2D eigenvalue weighted by atomic mass is 16.6. The van der Waals surface area contributed by atoms with Crippen LogP contribution in [0.25, 0.3) is 0 Å². The number of benzene rings is 1. The van der Waals surface area contributed by atoms with Crippen molar-refractivity contribution < 1.29 is 14.3 Å². The quantitative estimate of drug-likeness (QED) is 0.837. The van der Waals surface area contributed by atoms with Crippen LogP contribution in [0.4, 0.5) is 4.79 Å². The molecule has 0 spiro atoms. The number of carbonyl (C=O) groups excluding carboxylic acids is 1. The smallest absolute Gasteiger partial charge is 0.410 e. The van der Waals surface area contributed by atoms with E-state index in [4.69, 9.17) is 9.47 Å². The van der Waals surface area contributed by atoms with E-state index >= 15 is 0 Å². The van der Waals surface area contributed by atoms with Gasteiger partial charge in [0.15, 0.2) is 0 Å². The summed E-state index contributed by atoms with van der Waals surface area (Å²) < 4.78 is 11.5. The largest absolute Gasteiger partial charge is 0.493 e. The fraction of sp³-hybridized carbons (Fsp3) is 0.632. The minimum atomic E-state index is -0.427. The molecule has 0 aromatic heterocycles. The van der Waals surface area contributed by atoms with Crippen LogP contribution in [-0.2, 0) is 4.74 Å². The lowest BCUT2D eigenvalue weighted by Gasteiger charge is -2.39. The highest BCUT2D eigenvalue weighted by Crippen LogP contribution is 2.39. The zero-order valence-corrected chi connectivity index (χ0v) is 14.3. The molecule has 4 heteroatoms. The first kappa shape index (κ1) is 16.2. The number of carbonyl (C=O) groups is 1. The summed E-state index contributed by atoms with van der Waals surface area (Å²) in [6.07, 6.45) is 4.07. The van der Waals surface area contributed by atoms with E-state index in [1.54, 1.807) is 0 Å². The molecule has 0 N–H and O–H groups in total. The number of rotatable bonds is 3. The number of hydrogen-bond acceptors (Lipinski definition) is 3. The van der Waals surface area contributed by atoms with Crippen LogP contribution in [0.3, 0.4) is 0 Å². The minimum absolute atomic E-state index is 0.146. The van der Waals surface area contributed by atoms with Crippen LogP contribution >= 0.6 is 0 Å². The van der Waals surface area contributed by atoms with Crippen molar-refractivity contribution in [2.24, 2.45) is 5.92 Å². The standard InChI is InChI=1S/C19H27NO3/c1-19(2,3)23-18(21)20-15-9-10-16(20)12-14(11-15)13-22-17-7-5-4-6-8-17/h4-8,14-16H,9-13H2,1-3H3/t14?,15-,16+. The molecule has 2 heterocycles. The molecule has 2 aliphatic rings. The van der Waals surface area contributed by atoms with Crippen LogP contribution < -0.4 is 4.74 Å². The van der Waals surface area contributed by atoms with E-state index in [2.05, 4.69) is 0 Å². The van der Waals surface area contributed by atoms with Gasteiger partial charge in [0, 0.05) is 12.1 Å². The molecule has 2 bridgehead atoms. The fourth-order valence-corrected chi connectivity index (χ4v) is 3.77. The van der Waals surface area contributed by atoms with Gasteiger partial charge in [0.25, 0.3) is 0 Å². The molecule has 1 aromatic rings. The van der Waals surface area contributed by atoms with Gasteiger partial charge in [0.05, 0.1) is 6.61 Å². The molecule has 1 aromatic carbocycles.